The summed E-state index contributed by atoms with van der Waals surface area (Å²) in [7, 11) is -3.64. The fourth-order valence-corrected chi connectivity index (χ4v) is 3.06. The van der Waals surface area contributed by atoms with Crippen LogP contribution >= 0.6 is 15.9 Å². The predicted octanol–water partition coefficient (Wildman–Crippen LogP) is 2.69. The molecule has 0 saturated heterocycles. The van der Waals surface area contributed by atoms with Crippen molar-refractivity contribution in [2.45, 2.75) is 5.75 Å². The Bertz CT molecular complexity index is 762. The molecule has 0 bridgehead atoms. The molecule has 0 atom stereocenters. The van der Waals surface area contributed by atoms with Crippen LogP contribution in [0.15, 0.2) is 47.1 Å². The van der Waals surface area contributed by atoms with Crippen LogP contribution < -0.4 is 4.72 Å². The molecule has 21 heavy (non-hydrogen) atoms. The Kier molecular flexibility index (Phi) is 4.53. The summed E-state index contributed by atoms with van der Waals surface area (Å²) in [6, 6.07) is 8.56. The largest absolute Gasteiger partial charge is 0.269 e. The van der Waals surface area contributed by atoms with Crippen molar-refractivity contribution in [3.05, 3.63) is 62.7 Å². The van der Waals surface area contributed by atoms with Crippen molar-refractivity contribution >= 4 is 37.5 Å². The minimum absolute atomic E-state index is 0.0854. The monoisotopic (exact) mass is 371 g/mol. The molecule has 7 nitrogen and oxygen atoms in total. The van der Waals surface area contributed by atoms with Crippen molar-refractivity contribution in [3.8, 4) is 0 Å². The normalized spacial score (nSPS) is 11.1. The zero-order chi connectivity index (χ0) is 15.5. The van der Waals surface area contributed by atoms with Gasteiger partial charge in [-0.05, 0) is 17.7 Å². The molecule has 0 amide bonds. The second-order valence-corrected chi connectivity index (χ2v) is 6.78. The molecule has 2 rings (SSSR count). The van der Waals surface area contributed by atoms with Crippen molar-refractivity contribution in [2.75, 3.05) is 4.72 Å². The highest BCUT2D eigenvalue weighted by molar-refractivity contribution is 9.10. The average molecular weight is 372 g/mol. The summed E-state index contributed by atoms with van der Waals surface area (Å²) in [4.78, 5) is 13.9. The number of sulfonamides is 1. The van der Waals surface area contributed by atoms with Crippen LogP contribution in [0.2, 0.25) is 0 Å². The molecule has 2 aromatic rings. The molecule has 0 unspecified atom stereocenters. The molecule has 110 valence electrons. The summed E-state index contributed by atoms with van der Waals surface area (Å²) in [6.45, 7) is 0. The fraction of sp³-hybridized carbons (Fsp3) is 0.0833. The maximum absolute atomic E-state index is 12.0. The highest BCUT2D eigenvalue weighted by Gasteiger charge is 2.14. The zero-order valence-electron chi connectivity index (χ0n) is 10.6. The Hall–Kier alpha value is -2.00. The molecule has 1 aromatic carbocycles. The first kappa shape index (κ1) is 15.4. The lowest BCUT2D eigenvalue weighted by Crippen LogP contribution is -2.15. The van der Waals surface area contributed by atoms with Gasteiger partial charge in [0.15, 0.2) is 0 Å². The van der Waals surface area contributed by atoms with Crippen molar-refractivity contribution in [1.82, 2.24) is 4.98 Å². The molecular weight excluding hydrogens is 362 g/mol. The molecule has 1 N–H and O–H groups in total. The summed E-state index contributed by atoms with van der Waals surface area (Å²) in [5, 5.41) is 10.5. The number of rotatable bonds is 5. The third kappa shape index (κ3) is 4.50. The second kappa shape index (κ2) is 6.19. The van der Waals surface area contributed by atoms with E-state index in [1.54, 1.807) is 6.07 Å². The van der Waals surface area contributed by atoms with Crippen LogP contribution in [0.3, 0.4) is 0 Å². The molecule has 0 radical (unpaired) electrons. The van der Waals surface area contributed by atoms with Crippen molar-refractivity contribution in [1.29, 1.82) is 0 Å². The van der Waals surface area contributed by atoms with Crippen LogP contribution in [0.1, 0.15) is 5.56 Å². The van der Waals surface area contributed by atoms with Crippen molar-refractivity contribution in [2.24, 2.45) is 0 Å². The smallest absolute Gasteiger partial charge is 0.267 e. The molecule has 0 aliphatic carbocycles. The zero-order valence-corrected chi connectivity index (χ0v) is 13.0. The van der Waals surface area contributed by atoms with Crippen LogP contribution in [-0.4, -0.2) is 18.3 Å². The van der Waals surface area contributed by atoms with Crippen LogP contribution in [0.25, 0.3) is 0 Å². The third-order valence-electron chi connectivity index (χ3n) is 2.49. The van der Waals surface area contributed by atoms with E-state index < -0.39 is 14.9 Å². The van der Waals surface area contributed by atoms with Crippen LogP contribution in [0, 0.1) is 10.1 Å². The second-order valence-electron chi connectivity index (χ2n) is 4.14. The SMILES string of the molecule is O=[N+]([O-])c1ccc(CS(=O)(=O)Nc2cc(Br)ccn2)cc1. The predicted molar refractivity (Wildman–Crippen MR) is 81.3 cm³/mol. The molecule has 0 fully saturated rings. The van der Waals surface area contributed by atoms with Gasteiger partial charge in [0.05, 0.1) is 10.7 Å². The Morgan fingerprint density at radius 3 is 2.48 bits per heavy atom. The Labute approximate surface area is 129 Å². The summed E-state index contributed by atoms with van der Waals surface area (Å²) in [6.07, 6.45) is 1.47. The van der Waals surface area contributed by atoms with Gasteiger partial charge >= 0.3 is 0 Å². The maximum atomic E-state index is 12.0. The number of aromatic nitrogens is 1. The summed E-state index contributed by atoms with van der Waals surface area (Å²) in [5.74, 6) is -0.0922. The van der Waals surface area contributed by atoms with Gasteiger partial charge in [-0.1, -0.05) is 28.1 Å². The number of anilines is 1. The van der Waals surface area contributed by atoms with E-state index >= 15 is 0 Å². The lowest BCUT2D eigenvalue weighted by Gasteiger charge is -2.07. The number of nitro groups is 1. The minimum atomic E-state index is -3.64. The Morgan fingerprint density at radius 2 is 1.90 bits per heavy atom. The quantitative estimate of drug-likeness (QED) is 0.642. The summed E-state index contributed by atoms with van der Waals surface area (Å²) < 4.78 is 27.0. The average Bonchev–Trinajstić information content (AvgIpc) is 2.38. The van der Waals surface area contributed by atoms with Gasteiger partial charge in [0.1, 0.15) is 5.82 Å². The van der Waals surface area contributed by atoms with Crippen LogP contribution in [-0.2, 0) is 15.8 Å². The number of hydrogen-bond donors (Lipinski definition) is 1. The van der Waals surface area contributed by atoms with E-state index in [0.29, 0.717) is 10.0 Å². The van der Waals surface area contributed by atoms with Gasteiger partial charge in [-0.15, -0.1) is 0 Å². The molecule has 1 heterocycles. The fourth-order valence-electron chi connectivity index (χ4n) is 1.59. The van der Waals surface area contributed by atoms with Gasteiger partial charge in [0, 0.05) is 22.8 Å². The van der Waals surface area contributed by atoms with E-state index in [4.69, 9.17) is 0 Å². The number of nitrogens with one attached hydrogen (secondary N) is 1. The summed E-state index contributed by atoms with van der Waals surface area (Å²) in [5.41, 5.74) is 0.362. The number of pyridine rings is 1. The minimum Gasteiger partial charge on any atom is -0.267 e. The number of halogens is 1. The van der Waals surface area contributed by atoms with Crippen LogP contribution in [0.5, 0.6) is 0 Å². The first-order valence-electron chi connectivity index (χ1n) is 5.71. The van der Waals surface area contributed by atoms with Gasteiger partial charge in [-0.2, -0.15) is 0 Å². The highest BCUT2D eigenvalue weighted by Crippen LogP contribution is 2.17. The molecule has 1 aromatic heterocycles. The molecule has 9 heteroatoms. The van der Waals surface area contributed by atoms with Gasteiger partial charge in [-0.3, -0.25) is 14.8 Å². The van der Waals surface area contributed by atoms with Gasteiger partial charge < -0.3 is 0 Å². The first-order chi connectivity index (χ1) is 9.85. The number of benzene rings is 1. The number of nitro benzene ring substituents is 1. The lowest BCUT2D eigenvalue weighted by atomic mass is 10.2. The van der Waals surface area contributed by atoms with Crippen molar-refractivity contribution < 1.29 is 13.3 Å². The van der Waals surface area contributed by atoms with Crippen LogP contribution in [0.4, 0.5) is 11.5 Å². The van der Waals surface area contributed by atoms with E-state index in [2.05, 4.69) is 25.6 Å². The first-order valence-corrected chi connectivity index (χ1v) is 8.16. The molecule has 0 aliphatic rings. The number of nitrogens with zero attached hydrogens (tertiary/aromatic N) is 2. The Balaban J connectivity index is 2.12. The van der Waals surface area contributed by atoms with E-state index in [9.17, 15) is 18.5 Å². The number of hydrogen-bond acceptors (Lipinski definition) is 5. The topological polar surface area (TPSA) is 102 Å². The Morgan fingerprint density at radius 1 is 1.24 bits per heavy atom. The summed E-state index contributed by atoms with van der Waals surface area (Å²) >= 11 is 3.22. The van der Waals surface area contributed by atoms with Crippen molar-refractivity contribution in [3.63, 3.8) is 0 Å². The van der Waals surface area contributed by atoms with E-state index in [0.717, 1.165) is 0 Å². The van der Waals surface area contributed by atoms with E-state index in [-0.39, 0.29) is 17.3 Å². The lowest BCUT2D eigenvalue weighted by molar-refractivity contribution is -0.384. The van der Waals surface area contributed by atoms with Gasteiger partial charge in [0.2, 0.25) is 10.0 Å². The molecule has 0 saturated carbocycles. The molecule has 0 spiro atoms. The van der Waals surface area contributed by atoms with E-state index in [1.165, 1.54) is 36.5 Å². The standard InChI is InChI=1S/C12H10BrN3O4S/c13-10-5-6-14-12(7-10)15-21(19,20)8-9-1-3-11(4-2-9)16(17)18/h1-7H,8H2,(H,14,15). The number of non-ortho nitro benzene ring substituents is 1. The highest BCUT2D eigenvalue weighted by atomic mass is 79.9. The maximum Gasteiger partial charge on any atom is 0.269 e. The van der Waals surface area contributed by atoms with Gasteiger partial charge in [-0.25, -0.2) is 13.4 Å². The molecular formula is C12H10BrN3O4S. The molecule has 0 aliphatic heterocycles. The van der Waals surface area contributed by atoms with E-state index in [1.807, 2.05) is 0 Å². The third-order valence-corrected chi connectivity index (χ3v) is 4.21. The van der Waals surface area contributed by atoms with Gasteiger partial charge in [0.25, 0.3) is 5.69 Å².